The molecular weight excluding hydrogens is 383 g/mol. The Bertz CT molecular complexity index is 373. The molecule has 0 radical (unpaired) electrons. The van der Waals surface area contributed by atoms with Gasteiger partial charge < -0.3 is 0 Å². The molecule has 0 bridgehead atoms. The molecule has 0 unspecified atom stereocenters. The number of halogens is 6. The lowest BCUT2D eigenvalue weighted by Crippen LogP contribution is -2.29. The van der Waals surface area contributed by atoms with Crippen molar-refractivity contribution in [1.82, 2.24) is 15.0 Å². The maximum absolute atomic E-state index is 5.98. The van der Waals surface area contributed by atoms with Crippen molar-refractivity contribution in [3.8, 4) is 0 Å². The van der Waals surface area contributed by atoms with Crippen molar-refractivity contribution in [2.45, 2.75) is 28.0 Å². The fourth-order valence-electron chi connectivity index (χ4n) is 0.983. The zero-order valence-corrected chi connectivity index (χ0v) is 13.4. The average molecular weight is 390 g/mol. The van der Waals surface area contributed by atoms with E-state index in [1.165, 1.54) is 0 Å². The summed E-state index contributed by atoms with van der Waals surface area (Å²) in [5.41, 5.74) is 0.185. The zero-order chi connectivity index (χ0) is 12.6. The van der Waals surface area contributed by atoms with Crippen LogP contribution in [0.4, 0.5) is 0 Å². The Labute approximate surface area is 126 Å². The van der Waals surface area contributed by atoms with E-state index < -0.39 is 8.13 Å². The topological polar surface area (TPSA) is 30.7 Å². The molecule has 0 aliphatic heterocycles. The highest BCUT2D eigenvalue weighted by Crippen LogP contribution is 2.53. The predicted molar refractivity (Wildman–Crippen MR) is 71.7 cm³/mol. The van der Waals surface area contributed by atoms with E-state index in [9.17, 15) is 0 Å². The van der Waals surface area contributed by atoms with E-state index in [0.717, 1.165) is 6.42 Å². The Balaban J connectivity index is 3.14. The summed E-state index contributed by atoms with van der Waals surface area (Å²) < 4.78 is -1.56. The molecule has 0 aromatic carbocycles. The Morgan fingerprint density at radius 1 is 1.25 bits per heavy atom. The number of aryl methyl sites for hydroxylation is 1. The van der Waals surface area contributed by atoms with Gasteiger partial charge in [0.1, 0.15) is 10.3 Å². The highest BCUT2D eigenvalue weighted by atomic mass is 79.9. The van der Waals surface area contributed by atoms with Crippen LogP contribution in [0.2, 0.25) is 0 Å². The molecule has 0 aliphatic carbocycles. The third-order valence-corrected chi connectivity index (χ3v) is 4.90. The number of aromatic nitrogens is 3. The number of hydrogen-bond acceptors (Lipinski definition) is 2. The van der Waals surface area contributed by atoms with E-state index in [1.807, 2.05) is 6.92 Å². The van der Waals surface area contributed by atoms with Crippen molar-refractivity contribution in [3.63, 3.8) is 0 Å². The Morgan fingerprint density at radius 2 is 1.81 bits per heavy atom. The summed E-state index contributed by atoms with van der Waals surface area (Å²) in [6, 6.07) is 0. The molecule has 1 heterocycles. The molecule has 16 heavy (non-hydrogen) atoms. The van der Waals surface area contributed by atoms with Crippen LogP contribution in [0, 0.1) is 0 Å². The lowest BCUT2D eigenvalue weighted by molar-refractivity contribution is 0.569. The lowest BCUT2D eigenvalue weighted by atomic mass is 10.3. The smallest absolute Gasteiger partial charge is 0.228 e. The van der Waals surface area contributed by atoms with Gasteiger partial charge in [-0.15, -0.1) is 5.10 Å². The summed E-state index contributed by atoms with van der Waals surface area (Å²) in [5.74, 6) is 0. The largest absolute Gasteiger partial charge is 0.238 e. The van der Waals surface area contributed by atoms with Crippen LogP contribution < -0.4 is 0 Å². The third-order valence-electron chi connectivity index (χ3n) is 1.76. The summed E-state index contributed by atoms with van der Waals surface area (Å²) in [7, 11) is 0. The van der Waals surface area contributed by atoms with Gasteiger partial charge in [-0.2, -0.15) is 0 Å². The molecule has 1 aromatic rings. The summed E-state index contributed by atoms with van der Waals surface area (Å²) in [4.78, 5) is 0. The minimum Gasteiger partial charge on any atom is -0.238 e. The van der Waals surface area contributed by atoms with Crippen LogP contribution in [0.1, 0.15) is 19.0 Å². The summed E-state index contributed by atoms with van der Waals surface area (Å²) >= 11 is 32.3. The molecule has 1 rings (SSSR count). The van der Waals surface area contributed by atoms with E-state index >= 15 is 0 Å². The fourth-order valence-corrected chi connectivity index (χ4v) is 2.36. The van der Waals surface area contributed by atoms with Crippen LogP contribution in [-0.2, 0) is 10.9 Å². The van der Waals surface area contributed by atoms with Gasteiger partial charge in [-0.05, 0) is 22.4 Å². The van der Waals surface area contributed by atoms with E-state index in [1.54, 1.807) is 4.68 Å². The molecule has 0 spiro atoms. The molecule has 0 fully saturated rings. The van der Waals surface area contributed by atoms with Crippen LogP contribution in [0.15, 0.2) is 4.60 Å². The predicted octanol–water partition coefficient (Wildman–Crippen LogP) is 4.45. The van der Waals surface area contributed by atoms with Crippen LogP contribution in [0.25, 0.3) is 0 Å². The first kappa shape index (κ1) is 15.1. The van der Waals surface area contributed by atoms with Gasteiger partial charge >= 0.3 is 0 Å². The van der Waals surface area contributed by atoms with Crippen molar-refractivity contribution in [2.75, 3.05) is 0 Å². The first-order valence-corrected chi connectivity index (χ1v) is 6.94. The molecule has 0 atom stereocenters. The van der Waals surface area contributed by atoms with E-state index in [4.69, 9.17) is 58.0 Å². The molecule has 0 amide bonds. The quantitative estimate of drug-likeness (QED) is 0.714. The highest BCUT2D eigenvalue weighted by molar-refractivity contribution is 9.10. The SMILES string of the molecule is CCCn1nnc(C(Cl)(Cl)C(Cl)(Cl)Cl)c1Br. The molecular formula is C7H7BrCl5N3. The maximum atomic E-state index is 5.98. The molecule has 9 heteroatoms. The van der Waals surface area contributed by atoms with E-state index in [-0.39, 0.29) is 5.69 Å². The lowest BCUT2D eigenvalue weighted by Gasteiger charge is -2.25. The van der Waals surface area contributed by atoms with Gasteiger partial charge in [0.05, 0.1) is 0 Å². The number of nitrogens with zero attached hydrogens (tertiary/aromatic N) is 3. The molecule has 0 saturated heterocycles. The molecule has 0 aliphatic rings. The fraction of sp³-hybridized carbons (Fsp3) is 0.714. The van der Waals surface area contributed by atoms with E-state index in [2.05, 4.69) is 26.2 Å². The zero-order valence-electron chi connectivity index (χ0n) is 8.02. The second-order valence-corrected chi connectivity index (χ2v) is 7.38. The van der Waals surface area contributed by atoms with Gasteiger partial charge in [0.2, 0.25) is 8.13 Å². The van der Waals surface area contributed by atoms with Crippen LogP contribution in [0.3, 0.4) is 0 Å². The Hall–Kier alpha value is 1.07. The minimum absolute atomic E-state index is 0.185. The van der Waals surface area contributed by atoms with Crippen molar-refractivity contribution < 1.29 is 0 Å². The summed E-state index contributed by atoms with van der Waals surface area (Å²) in [6.45, 7) is 2.66. The molecule has 0 N–H and O–H groups in total. The highest BCUT2D eigenvalue weighted by Gasteiger charge is 2.51. The second kappa shape index (κ2) is 5.37. The van der Waals surface area contributed by atoms with Crippen LogP contribution in [-0.4, -0.2) is 18.8 Å². The Morgan fingerprint density at radius 3 is 2.25 bits per heavy atom. The Kier molecular flexibility index (Phi) is 5.08. The molecule has 1 aromatic heterocycles. The van der Waals surface area contributed by atoms with E-state index in [0.29, 0.717) is 11.1 Å². The summed E-state index contributed by atoms with van der Waals surface area (Å²) in [6.07, 6.45) is 0.882. The summed E-state index contributed by atoms with van der Waals surface area (Å²) in [5, 5.41) is 7.68. The van der Waals surface area contributed by atoms with Gasteiger partial charge in [-0.3, -0.25) is 0 Å². The van der Waals surface area contributed by atoms with Gasteiger partial charge in [-0.1, -0.05) is 70.1 Å². The number of hydrogen-bond donors (Lipinski definition) is 0. The van der Waals surface area contributed by atoms with Crippen molar-refractivity contribution in [1.29, 1.82) is 0 Å². The van der Waals surface area contributed by atoms with Gasteiger partial charge in [0.25, 0.3) is 0 Å². The van der Waals surface area contributed by atoms with Gasteiger partial charge in [-0.25, -0.2) is 4.68 Å². The van der Waals surface area contributed by atoms with Gasteiger partial charge in [0, 0.05) is 6.54 Å². The average Bonchev–Trinajstić information content (AvgIpc) is 2.47. The molecule has 92 valence electrons. The van der Waals surface area contributed by atoms with Crippen LogP contribution in [0.5, 0.6) is 0 Å². The number of alkyl halides is 5. The van der Waals surface area contributed by atoms with Crippen LogP contribution >= 0.6 is 73.9 Å². The van der Waals surface area contributed by atoms with Gasteiger partial charge in [0.15, 0.2) is 0 Å². The minimum atomic E-state index is -1.90. The molecule has 0 saturated carbocycles. The first-order valence-electron chi connectivity index (χ1n) is 4.25. The second-order valence-electron chi connectivity index (χ2n) is 3.02. The van der Waals surface area contributed by atoms with Crippen molar-refractivity contribution in [2.24, 2.45) is 0 Å². The number of rotatable bonds is 3. The normalized spacial score (nSPS) is 13.2. The third kappa shape index (κ3) is 2.90. The molecule has 3 nitrogen and oxygen atoms in total. The van der Waals surface area contributed by atoms with Crippen molar-refractivity contribution in [3.05, 3.63) is 10.3 Å². The first-order chi connectivity index (χ1) is 7.21. The monoisotopic (exact) mass is 387 g/mol. The van der Waals surface area contributed by atoms with Crippen molar-refractivity contribution >= 4 is 73.9 Å². The standard InChI is InChI=1S/C7H7BrCl5N3/c1-2-3-16-5(8)4(14-15-16)6(9,10)7(11,12)13/h2-3H2,1H3. The maximum Gasteiger partial charge on any atom is 0.228 e.